The van der Waals surface area contributed by atoms with Crippen molar-refractivity contribution in [1.82, 2.24) is 0 Å². The van der Waals surface area contributed by atoms with Crippen LogP contribution in [0.2, 0.25) is 0 Å². The molecule has 0 bridgehead atoms. The molecule has 0 spiro atoms. The second-order valence-corrected chi connectivity index (χ2v) is 9.36. The summed E-state index contributed by atoms with van der Waals surface area (Å²) in [6.45, 7) is 14.5. The highest BCUT2D eigenvalue weighted by Gasteiger charge is 2.56. The molecule has 2 rings (SSSR count). The number of ketones is 1. The number of carbonyl (C=O) groups is 1. The van der Waals surface area contributed by atoms with E-state index in [9.17, 15) is 4.79 Å². The van der Waals surface area contributed by atoms with Gasteiger partial charge in [0.2, 0.25) is 6.35 Å². The van der Waals surface area contributed by atoms with Gasteiger partial charge in [-0.15, -0.1) is 0 Å². The predicted octanol–water partition coefficient (Wildman–Crippen LogP) is 3.46. The topological polar surface area (TPSA) is 44.8 Å². The van der Waals surface area contributed by atoms with E-state index in [-0.39, 0.29) is 5.78 Å². The Morgan fingerprint density at radius 2 is 1.62 bits per heavy atom. The van der Waals surface area contributed by atoms with Crippen molar-refractivity contribution in [3.63, 3.8) is 0 Å². The highest BCUT2D eigenvalue weighted by molar-refractivity contribution is 6.92. The van der Waals surface area contributed by atoms with Gasteiger partial charge in [0.05, 0.1) is 0 Å². The molecular weight excluding hydrogens is 327 g/mol. The van der Waals surface area contributed by atoms with Gasteiger partial charge >= 0.3 is 0 Å². The predicted molar refractivity (Wildman–Crippen MR) is 107 cm³/mol. The average molecular weight is 361 g/mol. The van der Waals surface area contributed by atoms with Gasteiger partial charge in [-0.3, -0.25) is 4.79 Å². The van der Waals surface area contributed by atoms with Crippen LogP contribution >= 0.6 is 0 Å². The first kappa shape index (κ1) is 21.1. The second-order valence-electron chi connectivity index (χ2n) is 9.36. The summed E-state index contributed by atoms with van der Waals surface area (Å²) in [5, 5.41) is 0. The Balaban J connectivity index is 2.63. The number of rotatable bonds is 7. The van der Waals surface area contributed by atoms with Crippen LogP contribution in [0, 0.1) is 5.41 Å². The Morgan fingerprint density at radius 3 is 2.08 bits per heavy atom. The monoisotopic (exact) mass is 361 g/mol. The fraction of sp³-hybridized carbons (Fsp3) is 0.667. The number of fused-ring (bicyclic) bond motifs is 1. The van der Waals surface area contributed by atoms with Crippen molar-refractivity contribution < 1.29 is 18.9 Å². The minimum absolute atomic E-state index is 0.195. The Hall–Kier alpha value is -1.17. The number of hydrogen-bond acceptors (Lipinski definition) is 4. The van der Waals surface area contributed by atoms with E-state index in [4.69, 9.17) is 14.1 Å². The van der Waals surface area contributed by atoms with Crippen molar-refractivity contribution in [3.8, 4) is 0 Å². The summed E-state index contributed by atoms with van der Waals surface area (Å²) in [5.74, 6) is 0.195. The molecule has 0 aromatic heterocycles. The van der Waals surface area contributed by atoms with Gasteiger partial charge in [-0.05, 0) is 24.3 Å². The van der Waals surface area contributed by atoms with Gasteiger partial charge in [-0.25, -0.2) is 0 Å². The van der Waals surface area contributed by atoms with Gasteiger partial charge in [0, 0.05) is 26.2 Å². The third-order valence-corrected chi connectivity index (χ3v) is 6.75. The summed E-state index contributed by atoms with van der Waals surface area (Å²) in [6.07, 6.45) is -0.920. The minimum atomic E-state index is -1.62. The maximum atomic E-state index is 12.0. The number of hydrogen-bond donors (Lipinski definition) is 0. The van der Waals surface area contributed by atoms with E-state index >= 15 is 0 Å². The van der Waals surface area contributed by atoms with Gasteiger partial charge in [0.25, 0.3) is 0 Å². The molecule has 0 unspecified atom stereocenters. The quantitative estimate of drug-likeness (QED) is 0.698. The summed E-state index contributed by atoms with van der Waals surface area (Å²) in [7, 11) is 3.44. The molecule has 0 N–H and O–H groups in total. The van der Waals surface area contributed by atoms with Crippen LogP contribution < -0.4 is 5.46 Å². The van der Waals surface area contributed by atoms with Crippen LogP contribution in [0.3, 0.4) is 0 Å². The van der Waals surface area contributed by atoms with E-state index in [1.165, 1.54) is 5.56 Å². The molecular formula is C21H34BO4-. The lowest BCUT2D eigenvalue weighted by molar-refractivity contribution is -0.124. The number of carbonyl (C=O) groups excluding carboxylic acids is 1. The van der Waals surface area contributed by atoms with Crippen LogP contribution in [-0.4, -0.2) is 37.4 Å². The Morgan fingerprint density at radius 1 is 1.08 bits per heavy atom. The van der Waals surface area contributed by atoms with Gasteiger partial charge in [0.15, 0.2) is 0 Å². The Bertz CT molecular complexity index is 675. The summed E-state index contributed by atoms with van der Waals surface area (Å²) >= 11 is 0. The van der Waals surface area contributed by atoms with Crippen molar-refractivity contribution in [2.24, 2.45) is 5.41 Å². The third-order valence-electron chi connectivity index (χ3n) is 6.75. The van der Waals surface area contributed by atoms with Crippen LogP contribution in [0.5, 0.6) is 0 Å². The van der Waals surface area contributed by atoms with E-state index < -0.39 is 22.8 Å². The highest BCUT2D eigenvalue weighted by Crippen LogP contribution is 2.41. The fourth-order valence-electron chi connectivity index (χ4n) is 4.52. The Labute approximate surface area is 158 Å². The normalized spacial score (nSPS) is 17.3. The lowest BCUT2D eigenvalue weighted by atomic mass is 9.20. The molecule has 1 heterocycles. The molecule has 0 saturated carbocycles. The first-order valence-corrected chi connectivity index (χ1v) is 9.37. The summed E-state index contributed by atoms with van der Waals surface area (Å²) in [6, 6.07) is 6.44. The molecule has 0 saturated heterocycles. The molecule has 5 heteroatoms. The van der Waals surface area contributed by atoms with Crippen LogP contribution in [-0.2, 0) is 32.0 Å². The maximum absolute atomic E-state index is 12.0. The van der Waals surface area contributed by atoms with Crippen molar-refractivity contribution in [2.75, 3.05) is 14.2 Å². The summed E-state index contributed by atoms with van der Waals surface area (Å²) < 4.78 is 18.3. The molecule has 0 atom stereocenters. The standard InChI is InChI=1S/C21H34BO4/c1-15(23)19(2,3)13-16-10-11-17-14-26-22(18(17)12-16,20(4,5)24-8)21(6,7)25-9/h10-12H,13-14H2,1-9H3/q-1. The van der Waals surface area contributed by atoms with Crippen LogP contribution in [0.4, 0.5) is 0 Å². The molecule has 1 aromatic carbocycles. The summed E-state index contributed by atoms with van der Waals surface area (Å²) in [5.41, 5.74) is 1.99. The zero-order valence-electron chi connectivity index (χ0n) is 17.9. The molecule has 0 fully saturated rings. The number of benzene rings is 1. The largest absolute Gasteiger partial charge is 0.579 e. The van der Waals surface area contributed by atoms with E-state index in [1.54, 1.807) is 21.1 Å². The van der Waals surface area contributed by atoms with E-state index in [2.05, 4.69) is 45.9 Å². The molecule has 4 nitrogen and oxygen atoms in total. The minimum Gasteiger partial charge on any atom is -0.579 e. The van der Waals surface area contributed by atoms with Gasteiger partial charge in [0.1, 0.15) is 5.78 Å². The molecule has 1 aromatic rings. The second kappa shape index (κ2) is 6.77. The molecule has 26 heavy (non-hydrogen) atoms. The smallest absolute Gasteiger partial charge is 0.203 e. The summed E-state index contributed by atoms with van der Waals surface area (Å²) in [4.78, 5) is 12.0. The number of ether oxygens (including phenoxy) is 2. The lowest BCUT2D eigenvalue weighted by Gasteiger charge is -2.58. The molecule has 0 radical (unpaired) electrons. The third kappa shape index (κ3) is 3.15. The highest BCUT2D eigenvalue weighted by atomic mass is 16.5. The van der Waals surface area contributed by atoms with Crippen molar-refractivity contribution >= 4 is 17.6 Å². The lowest BCUT2D eigenvalue weighted by Crippen LogP contribution is -2.76. The first-order chi connectivity index (χ1) is 11.8. The van der Waals surface area contributed by atoms with E-state index in [1.807, 2.05) is 13.8 Å². The Kier molecular flexibility index (Phi) is 5.51. The van der Waals surface area contributed by atoms with Crippen molar-refractivity contribution in [3.05, 3.63) is 29.3 Å². The molecule has 146 valence electrons. The number of methoxy groups -OCH3 is 2. The maximum Gasteiger partial charge on any atom is 0.203 e. The van der Waals surface area contributed by atoms with E-state index in [0.717, 1.165) is 11.0 Å². The van der Waals surface area contributed by atoms with Crippen molar-refractivity contribution in [2.45, 2.75) is 72.5 Å². The van der Waals surface area contributed by atoms with Crippen LogP contribution in [0.15, 0.2) is 18.2 Å². The molecule has 1 aliphatic rings. The number of Topliss-reactive ketones (excluding diaryl/α,β-unsaturated/α-hetero) is 1. The zero-order chi connectivity index (χ0) is 20.0. The fourth-order valence-corrected chi connectivity index (χ4v) is 4.52. The first-order valence-electron chi connectivity index (χ1n) is 9.37. The van der Waals surface area contributed by atoms with Gasteiger partial charge in [-0.2, -0.15) is 5.46 Å². The zero-order valence-corrected chi connectivity index (χ0v) is 17.9. The average Bonchev–Trinajstić information content (AvgIpc) is 2.95. The SMILES string of the molecule is COC(C)(C)[B-]1(C(C)(C)OC)OCc2ccc(CC(C)(C)C(C)=O)cc21. The molecule has 0 amide bonds. The van der Waals surface area contributed by atoms with Crippen LogP contribution in [0.25, 0.3) is 0 Å². The van der Waals surface area contributed by atoms with Gasteiger partial charge in [-0.1, -0.05) is 70.9 Å². The molecule has 1 aliphatic heterocycles. The van der Waals surface area contributed by atoms with Crippen LogP contribution in [0.1, 0.15) is 59.6 Å². The van der Waals surface area contributed by atoms with E-state index in [0.29, 0.717) is 13.0 Å². The van der Waals surface area contributed by atoms with Crippen molar-refractivity contribution in [1.29, 1.82) is 0 Å². The molecule has 0 aliphatic carbocycles. The van der Waals surface area contributed by atoms with Gasteiger partial charge < -0.3 is 14.1 Å².